The van der Waals surface area contributed by atoms with Crippen molar-refractivity contribution in [2.75, 3.05) is 13.1 Å². The van der Waals surface area contributed by atoms with Crippen LogP contribution in [0.4, 0.5) is 0 Å². The fourth-order valence-corrected chi connectivity index (χ4v) is 3.22. The number of nitrogens with one attached hydrogen (secondary N) is 2. The molecule has 29 heavy (non-hydrogen) atoms. The van der Waals surface area contributed by atoms with Gasteiger partial charge in [-0.2, -0.15) is 0 Å². The molecule has 0 aliphatic carbocycles. The van der Waals surface area contributed by atoms with Crippen LogP contribution in [0.5, 0.6) is 0 Å². The van der Waals surface area contributed by atoms with E-state index in [1.54, 1.807) is 6.07 Å². The van der Waals surface area contributed by atoms with Crippen molar-refractivity contribution in [1.29, 1.82) is 0 Å². The third kappa shape index (κ3) is 5.55. The molecule has 2 amide bonds. The maximum Gasteiger partial charge on any atom is 0.251 e. The van der Waals surface area contributed by atoms with Crippen LogP contribution in [0, 0.1) is 13.8 Å². The van der Waals surface area contributed by atoms with Gasteiger partial charge in [0.05, 0.1) is 6.54 Å². The Hall–Kier alpha value is -3.40. The van der Waals surface area contributed by atoms with Gasteiger partial charge in [0.2, 0.25) is 5.91 Å². The summed E-state index contributed by atoms with van der Waals surface area (Å²) in [6.07, 6.45) is 0. The van der Waals surface area contributed by atoms with Crippen molar-refractivity contribution in [2.24, 2.45) is 0 Å². The highest BCUT2D eigenvalue weighted by molar-refractivity contribution is 5.96. The first-order valence-corrected chi connectivity index (χ1v) is 9.76. The van der Waals surface area contributed by atoms with Gasteiger partial charge in [-0.15, -0.1) is 0 Å². The molecule has 0 aromatic heterocycles. The number of hydrogen-bond acceptors (Lipinski definition) is 2. The first-order chi connectivity index (χ1) is 14.0. The predicted octanol–water partition coefficient (Wildman–Crippen LogP) is 3.98. The molecule has 3 rings (SSSR count). The third-order valence-corrected chi connectivity index (χ3v) is 5.09. The molecule has 0 heterocycles. The highest BCUT2D eigenvalue weighted by Gasteiger charge is 2.15. The molecule has 0 aliphatic rings. The van der Waals surface area contributed by atoms with Crippen LogP contribution in [0.2, 0.25) is 0 Å². The number of hydrogen-bond donors (Lipinski definition) is 2. The summed E-state index contributed by atoms with van der Waals surface area (Å²) in [5.74, 6) is -0.401. The average Bonchev–Trinajstić information content (AvgIpc) is 2.75. The molecule has 3 aromatic rings. The quantitative estimate of drug-likeness (QED) is 0.645. The second-order valence-corrected chi connectivity index (χ2v) is 7.16. The Morgan fingerprint density at radius 1 is 0.759 bits per heavy atom. The zero-order chi connectivity index (χ0) is 20.6. The normalized spacial score (nSPS) is 10.6. The minimum absolute atomic E-state index is 0.0526. The van der Waals surface area contributed by atoms with Gasteiger partial charge in [0.15, 0.2) is 0 Å². The monoisotopic (exact) mass is 386 g/mol. The van der Waals surface area contributed by atoms with Crippen molar-refractivity contribution in [2.45, 2.75) is 19.8 Å². The molecule has 4 heteroatoms. The van der Waals surface area contributed by atoms with Crippen LogP contribution in [-0.2, 0) is 4.79 Å². The molecule has 0 bridgehead atoms. The number of carbonyl (C=O) groups is 2. The molecular weight excluding hydrogens is 360 g/mol. The number of amides is 2. The Kier molecular flexibility index (Phi) is 6.80. The van der Waals surface area contributed by atoms with Gasteiger partial charge < -0.3 is 10.6 Å². The van der Waals surface area contributed by atoms with E-state index < -0.39 is 0 Å². The second-order valence-electron chi connectivity index (χ2n) is 7.16. The van der Waals surface area contributed by atoms with Crippen molar-refractivity contribution in [1.82, 2.24) is 10.6 Å². The molecule has 4 nitrogen and oxygen atoms in total. The van der Waals surface area contributed by atoms with E-state index in [4.69, 9.17) is 0 Å². The van der Waals surface area contributed by atoms with E-state index in [1.807, 2.05) is 62.4 Å². The first kappa shape index (κ1) is 20.3. The summed E-state index contributed by atoms with van der Waals surface area (Å²) >= 11 is 0. The standard InChI is InChI=1S/C25H26N2O2/c1-18-13-14-22(15-19(18)2)25(29)27-17-24(28)26-16-23(20-9-5-3-6-10-20)21-11-7-4-8-12-21/h3-15,23H,16-17H2,1-2H3,(H,26,28)(H,27,29). The van der Waals surface area contributed by atoms with E-state index in [0.717, 1.165) is 22.3 Å². The van der Waals surface area contributed by atoms with Gasteiger partial charge in [0.25, 0.3) is 5.91 Å². The van der Waals surface area contributed by atoms with Crippen LogP contribution in [0.3, 0.4) is 0 Å². The smallest absolute Gasteiger partial charge is 0.251 e. The molecular formula is C25H26N2O2. The highest BCUT2D eigenvalue weighted by Crippen LogP contribution is 2.23. The molecule has 0 radical (unpaired) electrons. The zero-order valence-electron chi connectivity index (χ0n) is 16.8. The summed E-state index contributed by atoms with van der Waals surface area (Å²) < 4.78 is 0. The van der Waals surface area contributed by atoms with Crippen molar-refractivity contribution in [3.05, 3.63) is 107 Å². The molecule has 0 spiro atoms. The van der Waals surface area contributed by atoms with Crippen molar-refractivity contribution in [3.8, 4) is 0 Å². The Morgan fingerprint density at radius 2 is 1.34 bits per heavy atom. The minimum atomic E-state index is -0.245. The number of rotatable bonds is 7. The van der Waals surface area contributed by atoms with E-state index in [9.17, 15) is 9.59 Å². The molecule has 0 aliphatic heterocycles. The molecule has 2 N–H and O–H groups in total. The van der Waals surface area contributed by atoms with E-state index >= 15 is 0 Å². The fraction of sp³-hybridized carbons (Fsp3) is 0.200. The lowest BCUT2D eigenvalue weighted by atomic mass is 9.91. The van der Waals surface area contributed by atoms with Crippen molar-refractivity contribution in [3.63, 3.8) is 0 Å². The summed E-state index contributed by atoms with van der Waals surface area (Å²) in [5.41, 5.74) is 5.02. The van der Waals surface area contributed by atoms with Gasteiger partial charge in [-0.05, 0) is 48.2 Å². The Labute approximate surface area is 172 Å². The SMILES string of the molecule is Cc1ccc(C(=O)NCC(=O)NCC(c2ccccc2)c2ccccc2)cc1C. The summed E-state index contributed by atoms with van der Waals surface area (Å²) in [6.45, 7) is 4.38. The lowest BCUT2D eigenvalue weighted by Crippen LogP contribution is -2.38. The molecule has 3 aromatic carbocycles. The maximum atomic E-state index is 12.3. The van der Waals surface area contributed by atoms with Crippen molar-refractivity contribution < 1.29 is 9.59 Å². The zero-order valence-corrected chi connectivity index (χ0v) is 16.8. The summed E-state index contributed by atoms with van der Waals surface area (Å²) in [5, 5.41) is 5.65. The van der Waals surface area contributed by atoms with Crippen LogP contribution in [0.15, 0.2) is 78.9 Å². The molecule has 0 unspecified atom stereocenters. The highest BCUT2D eigenvalue weighted by atomic mass is 16.2. The molecule has 0 fully saturated rings. The van der Waals surface area contributed by atoms with Gasteiger partial charge >= 0.3 is 0 Å². The van der Waals surface area contributed by atoms with Crippen LogP contribution < -0.4 is 10.6 Å². The lowest BCUT2D eigenvalue weighted by molar-refractivity contribution is -0.120. The maximum absolute atomic E-state index is 12.3. The number of aryl methyl sites for hydroxylation is 2. The lowest BCUT2D eigenvalue weighted by Gasteiger charge is -2.19. The summed E-state index contributed by atoms with van der Waals surface area (Å²) in [7, 11) is 0. The largest absolute Gasteiger partial charge is 0.354 e. The Bertz CT molecular complexity index is 929. The van der Waals surface area contributed by atoms with Gasteiger partial charge in [-0.3, -0.25) is 9.59 Å². The first-order valence-electron chi connectivity index (χ1n) is 9.76. The number of benzene rings is 3. The van der Waals surface area contributed by atoms with Crippen molar-refractivity contribution >= 4 is 11.8 Å². The van der Waals surface area contributed by atoms with Gasteiger partial charge in [0.1, 0.15) is 0 Å². The fourth-order valence-electron chi connectivity index (χ4n) is 3.22. The van der Waals surface area contributed by atoms with Crippen LogP contribution in [0.25, 0.3) is 0 Å². The minimum Gasteiger partial charge on any atom is -0.354 e. The van der Waals surface area contributed by atoms with Gasteiger partial charge in [-0.1, -0.05) is 66.7 Å². The molecule has 0 saturated carbocycles. The third-order valence-electron chi connectivity index (χ3n) is 5.09. The second kappa shape index (κ2) is 9.69. The van der Waals surface area contributed by atoms with E-state index in [0.29, 0.717) is 12.1 Å². The molecule has 0 atom stereocenters. The summed E-state index contributed by atoms with van der Waals surface area (Å²) in [6, 6.07) is 25.7. The van der Waals surface area contributed by atoms with E-state index in [2.05, 4.69) is 34.9 Å². The predicted molar refractivity (Wildman–Crippen MR) is 116 cm³/mol. The van der Waals surface area contributed by atoms with Crippen LogP contribution in [-0.4, -0.2) is 24.9 Å². The van der Waals surface area contributed by atoms with E-state index in [-0.39, 0.29) is 24.3 Å². The molecule has 0 saturated heterocycles. The Balaban J connectivity index is 1.59. The Morgan fingerprint density at radius 3 is 1.90 bits per heavy atom. The topological polar surface area (TPSA) is 58.2 Å². The summed E-state index contributed by atoms with van der Waals surface area (Å²) in [4.78, 5) is 24.6. The van der Waals surface area contributed by atoms with Crippen LogP contribution in [0.1, 0.15) is 38.5 Å². The van der Waals surface area contributed by atoms with E-state index in [1.165, 1.54) is 0 Å². The molecule has 148 valence electrons. The number of carbonyl (C=O) groups excluding carboxylic acids is 2. The van der Waals surface area contributed by atoms with Gasteiger partial charge in [0, 0.05) is 18.0 Å². The average molecular weight is 386 g/mol. The van der Waals surface area contributed by atoms with Crippen LogP contribution >= 0.6 is 0 Å². The van der Waals surface area contributed by atoms with Gasteiger partial charge in [-0.25, -0.2) is 0 Å².